The van der Waals surface area contributed by atoms with E-state index >= 15 is 0 Å². The summed E-state index contributed by atoms with van der Waals surface area (Å²) in [7, 11) is 0. The molecule has 0 aliphatic heterocycles. The van der Waals surface area contributed by atoms with Crippen LogP contribution in [0.15, 0.2) is 53.3 Å². The fraction of sp³-hybridized carbons (Fsp3) is 0.375. The maximum atomic E-state index is 13.7. The number of phenols is 1. The Bertz CT molecular complexity index is 1570. The number of phenolic OH excluding ortho intramolecular Hbond substituents is 1. The number of carbonyl (C=O) groups is 4. The SMILES string of the molecule is CC(=O)C1=C(O)[C@@]2(O)C(=O)C3=C(O)c4c(O)ccc(-c5ccc(CC(=O)OC(C)(C)C)cc5)c4C[C@H]3C[C@H]2CC1=O. The van der Waals surface area contributed by atoms with Crippen molar-refractivity contribution in [1.29, 1.82) is 0 Å². The maximum Gasteiger partial charge on any atom is 0.310 e. The van der Waals surface area contributed by atoms with Gasteiger partial charge in [-0.1, -0.05) is 30.3 Å². The van der Waals surface area contributed by atoms with Crippen LogP contribution in [0.5, 0.6) is 5.75 Å². The molecule has 0 spiro atoms. The molecule has 3 aliphatic carbocycles. The van der Waals surface area contributed by atoms with Crippen molar-refractivity contribution in [2.24, 2.45) is 11.8 Å². The number of hydrogen-bond acceptors (Lipinski definition) is 9. The van der Waals surface area contributed by atoms with Crippen LogP contribution in [0.4, 0.5) is 0 Å². The van der Waals surface area contributed by atoms with Gasteiger partial charge in [0.25, 0.3) is 0 Å². The Kier molecular flexibility index (Phi) is 6.69. The third-order valence-corrected chi connectivity index (χ3v) is 8.09. The number of fused-ring (bicyclic) bond motifs is 3. The Labute approximate surface area is 236 Å². The first-order chi connectivity index (χ1) is 19.1. The second-order valence-electron chi connectivity index (χ2n) is 12.0. The topological polar surface area (TPSA) is 158 Å². The van der Waals surface area contributed by atoms with Gasteiger partial charge in [0.2, 0.25) is 5.78 Å². The normalized spacial score (nSPS) is 24.0. The van der Waals surface area contributed by atoms with E-state index in [9.17, 15) is 39.6 Å². The lowest BCUT2D eigenvalue weighted by atomic mass is 9.59. The van der Waals surface area contributed by atoms with Gasteiger partial charge in [-0.05, 0) is 74.8 Å². The van der Waals surface area contributed by atoms with E-state index in [1.807, 2.05) is 12.1 Å². The van der Waals surface area contributed by atoms with Crippen molar-refractivity contribution in [2.45, 2.75) is 64.6 Å². The van der Waals surface area contributed by atoms with Gasteiger partial charge in [0.15, 0.2) is 17.2 Å². The van der Waals surface area contributed by atoms with E-state index in [-0.39, 0.29) is 48.5 Å². The van der Waals surface area contributed by atoms with Gasteiger partial charge in [0.05, 0.1) is 12.0 Å². The molecule has 0 aromatic heterocycles. The van der Waals surface area contributed by atoms with Crippen molar-refractivity contribution < 1.29 is 44.3 Å². The number of rotatable bonds is 4. The number of aliphatic hydroxyl groups is 3. The zero-order valence-electron chi connectivity index (χ0n) is 23.3. The van der Waals surface area contributed by atoms with Gasteiger partial charge >= 0.3 is 5.97 Å². The number of carbonyl (C=O) groups excluding carboxylic acids is 4. The fourth-order valence-corrected chi connectivity index (χ4v) is 6.35. The summed E-state index contributed by atoms with van der Waals surface area (Å²) in [4.78, 5) is 50.6. The van der Waals surface area contributed by atoms with Crippen LogP contribution >= 0.6 is 0 Å². The molecule has 3 atom stereocenters. The monoisotopic (exact) mass is 560 g/mol. The quantitative estimate of drug-likeness (QED) is 0.319. The summed E-state index contributed by atoms with van der Waals surface area (Å²) in [6.07, 6.45) is 0.100. The molecule has 9 nitrogen and oxygen atoms in total. The van der Waals surface area contributed by atoms with E-state index < -0.39 is 57.5 Å². The highest BCUT2D eigenvalue weighted by atomic mass is 16.6. The summed E-state index contributed by atoms with van der Waals surface area (Å²) in [5.41, 5.74) is -1.05. The molecule has 0 saturated heterocycles. The van der Waals surface area contributed by atoms with Crippen molar-refractivity contribution in [3.63, 3.8) is 0 Å². The van der Waals surface area contributed by atoms with Crippen LogP contribution in [0.2, 0.25) is 0 Å². The molecule has 0 radical (unpaired) electrons. The molecule has 1 fully saturated rings. The Hall–Kier alpha value is -4.24. The average Bonchev–Trinajstić information content (AvgIpc) is 2.85. The Morgan fingerprint density at radius 3 is 2.27 bits per heavy atom. The van der Waals surface area contributed by atoms with Crippen LogP contribution < -0.4 is 0 Å². The van der Waals surface area contributed by atoms with Crippen molar-refractivity contribution in [1.82, 2.24) is 0 Å². The standard InChI is InChI=1S/C32H32O9/c1-15(33)25-23(35)14-19-12-18-13-21-20(17-7-5-16(6-8-17)11-24(36)41-31(2,3)4)9-10-22(34)27(21)28(37)26(18)30(39)32(19,40)29(25)38/h5-10,18-19,34,37-38,40H,11-14H2,1-4H3/t18-,19+,32-/m1/s1. The summed E-state index contributed by atoms with van der Waals surface area (Å²) >= 11 is 0. The zero-order chi connectivity index (χ0) is 30.0. The molecule has 9 heteroatoms. The third kappa shape index (κ3) is 4.64. The highest BCUT2D eigenvalue weighted by molar-refractivity contribution is 6.23. The van der Waals surface area contributed by atoms with E-state index in [2.05, 4.69) is 0 Å². The lowest BCUT2D eigenvalue weighted by Gasteiger charge is -2.46. The van der Waals surface area contributed by atoms with Gasteiger partial charge in [-0.15, -0.1) is 0 Å². The van der Waals surface area contributed by atoms with Gasteiger partial charge in [-0.3, -0.25) is 19.2 Å². The van der Waals surface area contributed by atoms with Gasteiger partial charge < -0.3 is 25.2 Å². The minimum atomic E-state index is -2.52. The zero-order valence-corrected chi connectivity index (χ0v) is 23.3. The second-order valence-corrected chi connectivity index (χ2v) is 12.0. The third-order valence-electron chi connectivity index (χ3n) is 8.09. The molecule has 2 aromatic rings. The summed E-state index contributed by atoms with van der Waals surface area (Å²) in [6.45, 7) is 6.46. The Balaban J connectivity index is 1.54. The predicted octanol–water partition coefficient (Wildman–Crippen LogP) is 4.08. The number of hydrogen-bond donors (Lipinski definition) is 4. The fourth-order valence-electron chi connectivity index (χ4n) is 6.35. The molecule has 2 aromatic carbocycles. The van der Waals surface area contributed by atoms with E-state index in [0.29, 0.717) is 11.1 Å². The molecule has 5 rings (SSSR count). The summed E-state index contributed by atoms with van der Waals surface area (Å²) < 4.78 is 5.39. The largest absolute Gasteiger partial charge is 0.508 e. The molecule has 4 N–H and O–H groups in total. The number of benzene rings is 2. The smallest absolute Gasteiger partial charge is 0.310 e. The highest BCUT2D eigenvalue weighted by Crippen LogP contribution is 2.53. The van der Waals surface area contributed by atoms with Crippen LogP contribution in [0.25, 0.3) is 16.9 Å². The highest BCUT2D eigenvalue weighted by Gasteiger charge is 2.60. The number of allylic oxidation sites excluding steroid dienone is 1. The van der Waals surface area contributed by atoms with Crippen LogP contribution in [0, 0.1) is 11.8 Å². The number of ether oxygens (including phenoxy) is 1. The number of esters is 1. The minimum Gasteiger partial charge on any atom is -0.508 e. The molecule has 41 heavy (non-hydrogen) atoms. The van der Waals surface area contributed by atoms with Crippen molar-refractivity contribution in [3.05, 3.63) is 70.0 Å². The molecule has 0 unspecified atom stereocenters. The Morgan fingerprint density at radius 1 is 1.00 bits per heavy atom. The first-order valence-corrected chi connectivity index (χ1v) is 13.5. The molecule has 214 valence electrons. The van der Waals surface area contributed by atoms with E-state index in [4.69, 9.17) is 4.74 Å². The summed E-state index contributed by atoms with van der Waals surface area (Å²) in [6, 6.07) is 10.3. The first-order valence-electron chi connectivity index (χ1n) is 13.5. The van der Waals surface area contributed by atoms with Crippen molar-refractivity contribution in [3.8, 4) is 16.9 Å². The van der Waals surface area contributed by atoms with Crippen LogP contribution in [0.1, 0.15) is 57.2 Å². The molecule has 0 amide bonds. The first kappa shape index (κ1) is 28.3. The van der Waals surface area contributed by atoms with E-state index in [0.717, 1.165) is 18.1 Å². The maximum absolute atomic E-state index is 13.7. The van der Waals surface area contributed by atoms with Gasteiger partial charge in [-0.2, -0.15) is 0 Å². The van der Waals surface area contributed by atoms with E-state index in [1.54, 1.807) is 39.0 Å². The number of Topliss-reactive ketones (excluding diaryl/α,β-unsaturated/α-hetero) is 3. The summed E-state index contributed by atoms with van der Waals surface area (Å²) in [5, 5.41) is 44.3. The number of ketones is 3. The Morgan fingerprint density at radius 2 is 1.66 bits per heavy atom. The molecule has 1 saturated carbocycles. The van der Waals surface area contributed by atoms with Crippen LogP contribution in [-0.2, 0) is 36.8 Å². The lowest BCUT2D eigenvalue weighted by molar-refractivity contribution is -0.154. The number of aliphatic hydroxyl groups excluding tert-OH is 2. The molecular weight excluding hydrogens is 528 g/mol. The summed E-state index contributed by atoms with van der Waals surface area (Å²) in [5.74, 6) is -6.09. The lowest BCUT2D eigenvalue weighted by Crippen LogP contribution is -2.57. The van der Waals surface area contributed by atoms with E-state index in [1.165, 1.54) is 6.07 Å². The average molecular weight is 561 g/mol. The molecular formula is C32H32O9. The number of aromatic hydroxyl groups is 1. The minimum absolute atomic E-state index is 0.0455. The predicted molar refractivity (Wildman–Crippen MR) is 148 cm³/mol. The molecule has 0 bridgehead atoms. The molecule has 3 aliphatic rings. The van der Waals surface area contributed by atoms with Crippen molar-refractivity contribution in [2.75, 3.05) is 0 Å². The van der Waals surface area contributed by atoms with Crippen LogP contribution in [0.3, 0.4) is 0 Å². The van der Waals surface area contributed by atoms with Gasteiger partial charge in [-0.25, -0.2) is 0 Å². The van der Waals surface area contributed by atoms with Crippen LogP contribution in [-0.4, -0.2) is 54.9 Å². The van der Waals surface area contributed by atoms with Crippen molar-refractivity contribution >= 4 is 29.1 Å². The second kappa shape index (κ2) is 9.69. The molecule has 0 heterocycles. The van der Waals surface area contributed by atoms with Gasteiger partial charge in [0.1, 0.15) is 28.4 Å². The van der Waals surface area contributed by atoms with Gasteiger partial charge in [0, 0.05) is 17.9 Å².